The highest BCUT2D eigenvalue weighted by atomic mass is 19.4. The van der Waals surface area contributed by atoms with Crippen LogP contribution in [-0.4, -0.2) is 37.1 Å². The van der Waals surface area contributed by atoms with Crippen LogP contribution in [0.5, 0.6) is 0 Å². The Hall–Kier alpha value is -2.45. The minimum atomic E-state index is -4.43. The van der Waals surface area contributed by atoms with Gasteiger partial charge in [0.2, 0.25) is 5.91 Å². The van der Waals surface area contributed by atoms with Crippen molar-refractivity contribution in [2.75, 3.05) is 18.0 Å². The van der Waals surface area contributed by atoms with Crippen molar-refractivity contribution in [2.45, 2.75) is 44.4 Å². The molecule has 4 N–H and O–H groups in total. The summed E-state index contributed by atoms with van der Waals surface area (Å²) < 4.78 is 39.5. The van der Waals surface area contributed by atoms with Crippen molar-refractivity contribution in [3.8, 4) is 0 Å². The molecule has 2 rings (SSSR count). The lowest BCUT2D eigenvalue weighted by Crippen LogP contribution is -2.51. The number of amides is 3. The summed E-state index contributed by atoms with van der Waals surface area (Å²) in [6.07, 6.45) is -2.81. The first-order valence-corrected chi connectivity index (χ1v) is 8.50. The lowest BCUT2D eigenvalue weighted by atomic mass is 10.1. The van der Waals surface area contributed by atoms with Gasteiger partial charge in [-0.25, -0.2) is 4.79 Å². The summed E-state index contributed by atoms with van der Waals surface area (Å²) in [6.45, 7) is 2.54. The summed E-state index contributed by atoms with van der Waals surface area (Å²) in [4.78, 5) is 24.9. The summed E-state index contributed by atoms with van der Waals surface area (Å²) in [5.41, 5.74) is 4.50. The van der Waals surface area contributed by atoms with Gasteiger partial charge in [-0.15, -0.1) is 0 Å². The Balaban J connectivity index is 2.03. The van der Waals surface area contributed by atoms with Crippen LogP contribution >= 0.6 is 0 Å². The first-order valence-electron chi connectivity index (χ1n) is 8.50. The van der Waals surface area contributed by atoms with E-state index in [0.29, 0.717) is 25.8 Å². The summed E-state index contributed by atoms with van der Waals surface area (Å²) >= 11 is 0. The van der Waals surface area contributed by atoms with Crippen LogP contribution in [-0.2, 0) is 11.0 Å². The van der Waals surface area contributed by atoms with E-state index in [9.17, 15) is 22.8 Å². The van der Waals surface area contributed by atoms with Crippen molar-refractivity contribution in [1.29, 1.82) is 0 Å². The Morgan fingerprint density at radius 1 is 1.35 bits per heavy atom. The van der Waals surface area contributed by atoms with Crippen molar-refractivity contribution >= 4 is 17.6 Å². The first-order chi connectivity index (χ1) is 12.2. The van der Waals surface area contributed by atoms with E-state index in [0.717, 1.165) is 6.07 Å². The number of anilines is 1. The Bertz CT molecular complexity index is 651. The molecule has 1 aromatic carbocycles. The summed E-state index contributed by atoms with van der Waals surface area (Å²) in [5, 5.41) is 5.19. The third kappa shape index (κ3) is 5.03. The smallest absolute Gasteiger partial charge is 0.369 e. The predicted molar refractivity (Wildman–Crippen MR) is 91.6 cm³/mol. The zero-order valence-electron chi connectivity index (χ0n) is 14.5. The van der Waals surface area contributed by atoms with Gasteiger partial charge in [0.15, 0.2) is 0 Å². The number of rotatable bonds is 6. The zero-order chi connectivity index (χ0) is 19.3. The second-order valence-electron chi connectivity index (χ2n) is 6.30. The van der Waals surface area contributed by atoms with E-state index in [2.05, 4.69) is 10.6 Å². The topological polar surface area (TPSA) is 87.5 Å². The van der Waals surface area contributed by atoms with Gasteiger partial charge in [0.05, 0.1) is 5.56 Å². The van der Waals surface area contributed by atoms with Crippen LogP contribution in [0.4, 0.5) is 23.7 Å². The number of halogens is 3. The fourth-order valence-corrected chi connectivity index (χ4v) is 3.12. The van der Waals surface area contributed by atoms with Crippen molar-refractivity contribution in [3.63, 3.8) is 0 Å². The second-order valence-corrected chi connectivity index (χ2v) is 6.30. The number of nitrogens with zero attached hydrogens (tertiary/aromatic N) is 1. The molecule has 0 aliphatic carbocycles. The molecule has 3 amide bonds. The number of carbonyl (C=O) groups is 2. The number of hydrogen-bond acceptors (Lipinski definition) is 3. The number of nitrogens with one attached hydrogen (secondary N) is 2. The van der Waals surface area contributed by atoms with Gasteiger partial charge < -0.3 is 21.3 Å². The summed E-state index contributed by atoms with van der Waals surface area (Å²) in [5.74, 6) is -0.374. The average molecular weight is 372 g/mol. The molecule has 0 bridgehead atoms. The van der Waals surface area contributed by atoms with E-state index in [1.54, 1.807) is 11.0 Å². The molecule has 6 nitrogen and oxygen atoms in total. The van der Waals surface area contributed by atoms with Gasteiger partial charge in [0.25, 0.3) is 0 Å². The number of primary amides is 1. The number of alkyl halides is 3. The van der Waals surface area contributed by atoms with Crippen LogP contribution in [0.25, 0.3) is 0 Å². The Kier molecular flexibility index (Phi) is 6.33. The van der Waals surface area contributed by atoms with Crippen molar-refractivity contribution in [3.05, 3.63) is 29.8 Å². The third-order valence-electron chi connectivity index (χ3n) is 4.30. The van der Waals surface area contributed by atoms with Gasteiger partial charge in [-0.2, -0.15) is 13.2 Å². The van der Waals surface area contributed by atoms with Gasteiger partial charge in [0.1, 0.15) is 6.04 Å². The van der Waals surface area contributed by atoms with Gasteiger partial charge in [0, 0.05) is 24.8 Å². The Labute approximate surface area is 149 Å². The maximum absolute atomic E-state index is 13.2. The van der Waals surface area contributed by atoms with Crippen LogP contribution < -0.4 is 21.3 Å². The first kappa shape index (κ1) is 19.9. The molecule has 1 aliphatic heterocycles. The SMILES string of the molecule is CCC[C@@H](NC(N)=O)C(=O)NC1CCN(c2ccccc2C(F)(F)F)C1. The molecule has 0 saturated carbocycles. The van der Waals surface area contributed by atoms with E-state index in [1.807, 2.05) is 6.92 Å². The lowest BCUT2D eigenvalue weighted by Gasteiger charge is -2.24. The molecule has 1 aliphatic rings. The second kappa shape index (κ2) is 8.29. The monoisotopic (exact) mass is 372 g/mol. The molecule has 1 aromatic rings. The maximum atomic E-state index is 13.2. The van der Waals surface area contributed by atoms with Crippen molar-refractivity contribution in [1.82, 2.24) is 10.6 Å². The average Bonchev–Trinajstić information content (AvgIpc) is 3.01. The highest BCUT2D eigenvalue weighted by Gasteiger charge is 2.36. The summed E-state index contributed by atoms with van der Waals surface area (Å²) in [6, 6.07) is 3.58. The Morgan fingerprint density at radius 3 is 2.65 bits per heavy atom. The minimum absolute atomic E-state index is 0.108. The van der Waals surface area contributed by atoms with Gasteiger partial charge in [-0.1, -0.05) is 25.5 Å². The largest absolute Gasteiger partial charge is 0.418 e. The van der Waals surface area contributed by atoms with Crippen LogP contribution in [0, 0.1) is 0 Å². The molecular weight excluding hydrogens is 349 g/mol. The number of urea groups is 1. The number of nitrogens with two attached hydrogens (primary N) is 1. The molecule has 144 valence electrons. The summed E-state index contributed by atoms with van der Waals surface area (Å²) in [7, 11) is 0. The van der Waals surface area contributed by atoms with E-state index in [1.165, 1.54) is 12.1 Å². The number of carbonyl (C=O) groups excluding carboxylic acids is 2. The van der Waals surface area contributed by atoms with Gasteiger partial charge >= 0.3 is 12.2 Å². The molecule has 1 unspecified atom stereocenters. The molecular formula is C17H23F3N4O2. The fourth-order valence-electron chi connectivity index (χ4n) is 3.12. The third-order valence-corrected chi connectivity index (χ3v) is 4.30. The predicted octanol–water partition coefficient (Wildman–Crippen LogP) is 2.24. The molecule has 1 saturated heterocycles. The minimum Gasteiger partial charge on any atom is -0.369 e. The van der Waals surface area contributed by atoms with Gasteiger partial charge in [-0.3, -0.25) is 4.79 Å². The maximum Gasteiger partial charge on any atom is 0.418 e. The van der Waals surface area contributed by atoms with Crippen molar-refractivity contribution in [2.24, 2.45) is 5.73 Å². The molecule has 0 radical (unpaired) electrons. The van der Waals surface area contributed by atoms with Crippen LogP contribution in [0.2, 0.25) is 0 Å². The van der Waals surface area contributed by atoms with E-state index >= 15 is 0 Å². The number of benzene rings is 1. The van der Waals surface area contributed by atoms with Crippen LogP contribution in [0.1, 0.15) is 31.7 Å². The number of para-hydroxylation sites is 1. The molecule has 26 heavy (non-hydrogen) atoms. The molecule has 0 spiro atoms. The molecule has 1 fully saturated rings. The molecule has 2 atom stereocenters. The standard InChI is InChI=1S/C17H23F3N4O2/c1-2-5-13(23-16(21)26)15(25)22-11-8-9-24(10-11)14-7-4-3-6-12(14)17(18,19)20/h3-4,6-7,11,13H,2,5,8-10H2,1H3,(H,22,25)(H3,21,23,26)/t11?,13-/m1/s1. The molecule has 9 heteroatoms. The van der Waals surface area contributed by atoms with Gasteiger partial charge in [-0.05, 0) is 25.0 Å². The zero-order valence-corrected chi connectivity index (χ0v) is 14.5. The quantitative estimate of drug-likeness (QED) is 0.716. The normalized spacial score (nSPS) is 18.5. The van der Waals surface area contributed by atoms with E-state index < -0.39 is 23.8 Å². The molecule has 0 aromatic heterocycles. The Morgan fingerprint density at radius 2 is 2.04 bits per heavy atom. The van der Waals surface area contributed by atoms with Crippen molar-refractivity contribution < 1.29 is 22.8 Å². The van der Waals surface area contributed by atoms with E-state index in [-0.39, 0.29) is 24.2 Å². The lowest BCUT2D eigenvalue weighted by molar-refractivity contribution is -0.137. The highest BCUT2D eigenvalue weighted by molar-refractivity contribution is 5.86. The van der Waals surface area contributed by atoms with Crippen LogP contribution in [0.3, 0.4) is 0 Å². The number of hydrogen-bond donors (Lipinski definition) is 3. The highest BCUT2D eigenvalue weighted by Crippen LogP contribution is 2.37. The molecule has 1 heterocycles. The van der Waals surface area contributed by atoms with E-state index in [4.69, 9.17) is 5.73 Å². The van der Waals surface area contributed by atoms with Crippen LogP contribution in [0.15, 0.2) is 24.3 Å². The fraction of sp³-hybridized carbons (Fsp3) is 0.529.